The zero-order valence-electron chi connectivity index (χ0n) is 12.0. The minimum absolute atomic E-state index is 0.0441. The highest BCUT2D eigenvalue weighted by atomic mass is 19.4. The molecule has 2 unspecified atom stereocenters. The third-order valence-electron chi connectivity index (χ3n) is 3.87. The fraction of sp³-hybridized carbons (Fsp3) is 0.533. The maximum atomic E-state index is 12.8. The summed E-state index contributed by atoms with van der Waals surface area (Å²) in [6.07, 6.45) is -1.53. The van der Waals surface area contributed by atoms with Crippen LogP contribution in [-0.2, 0) is 6.18 Å². The largest absolute Gasteiger partial charge is 0.418 e. The Bertz CT molecular complexity index is 520. The molecular formula is C15H19F3N2O2. The molecule has 122 valence electrons. The van der Waals surface area contributed by atoms with E-state index in [1.54, 1.807) is 0 Å². The molecule has 1 aliphatic carbocycles. The molecule has 0 aromatic heterocycles. The molecule has 2 amide bonds. The smallest absolute Gasteiger partial charge is 0.393 e. The van der Waals surface area contributed by atoms with E-state index in [4.69, 9.17) is 0 Å². The average Bonchev–Trinajstić information content (AvgIpc) is 2.46. The molecule has 4 nitrogen and oxygen atoms in total. The van der Waals surface area contributed by atoms with Crippen molar-refractivity contribution in [3.05, 3.63) is 29.8 Å². The second kappa shape index (κ2) is 7.00. The Labute approximate surface area is 126 Å². The minimum atomic E-state index is -4.52. The van der Waals surface area contributed by atoms with Crippen LogP contribution in [0.15, 0.2) is 24.3 Å². The van der Waals surface area contributed by atoms with Gasteiger partial charge in [-0.1, -0.05) is 25.0 Å². The molecule has 7 heteroatoms. The van der Waals surface area contributed by atoms with Gasteiger partial charge in [0, 0.05) is 12.5 Å². The number of nitrogens with one attached hydrogen (secondary N) is 2. The zero-order valence-corrected chi connectivity index (χ0v) is 12.0. The van der Waals surface area contributed by atoms with E-state index in [1.807, 2.05) is 0 Å². The lowest BCUT2D eigenvalue weighted by molar-refractivity contribution is -0.136. The summed E-state index contributed by atoms with van der Waals surface area (Å²) < 4.78 is 38.5. The number of aliphatic hydroxyl groups is 1. The number of hydrogen-bond acceptors (Lipinski definition) is 2. The lowest BCUT2D eigenvalue weighted by atomic mass is 9.86. The third kappa shape index (κ3) is 4.37. The van der Waals surface area contributed by atoms with Crippen LogP contribution in [0.3, 0.4) is 0 Å². The Balaban J connectivity index is 1.92. The highest BCUT2D eigenvalue weighted by Crippen LogP contribution is 2.34. The van der Waals surface area contributed by atoms with E-state index >= 15 is 0 Å². The lowest BCUT2D eigenvalue weighted by Crippen LogP contribution is -2.38. The molecule has 0 radical (unpaired) electrons. The van der Waals surface area contributed by atoms with Crippen LogP contribution in [0.4, 0.5) is 23.7 Å². The molecule has 2 rings (SSSR count). The molecule has 0 heterocycles. The molecule has 1 fully saturated rings. The Kier molecular flexibility index (Phi) is 5.28. The fourth-order valence-corrected chi connectivity index (χ4v) is 2.66. The number of benzene rings is 1. The van der Waals surface area contributed by atoms with Crippen LogP contribution in [-0.4, -0.2) is 23.8 Å². The molecule has 22 heavy (non-hydrogen) atoms. The Morgan fingerprint density at radius 3 is 2.59 bits per heavy atom. The summed E-state index contributed by atoms with van der Waals surface area (Å²) in [6.45, 7) is 0.251. The summed E-state index contributed by atoms with van der Waals surface area (Å²) in [7, 11) is 0. The summed E-state index contributed by atoms with van der Waals surface area (Å²) in [6, 6.07) is 4.12. The standard InChI is InChI=1S/C15H19F3N2O2/c16-15(17,18)11-6-2-3-7-12(11)20-14(22)19-9-10-5-1-4-8-13(10)21/h2-3,6-7,10,13,21H,1,4-5,8-9H2,(H2,19,20,22). The Morgan fingerprint density at radius 2 is 1.91 bits per heavy atom. The first-order valence-corrected chi connectivity index (χ1v) is 7.27. The predicted octanol–water partition coefficient (Wildman–Crippen LogP) is 3.38. The van der Waals surface area contributed by atoms with Gasteiger partial charge in [0.25, 0.3) is 0 Å². The van der Waals surface area contributed by atoms with Gasteiger partial charge in [0.05, 0.1) is 17.4 Å². The number of halogens is 3. The van der Waals surface area contributed by atoms with Crippen LogP contribution in [0.2, 0.25) is 0 Å². The Hall–Kier alpha value is -1.76. The highest BCUT2D eigenvalue weighted by Gasteiger charge is 2.33. The molecule has 2 atom stereocenters. The van der Waals surface area contributed by atoms with E-state index in [-0.39, 0.29) is 18.2 Å². The number of para-hydroxylation sites is 1. The molecule has 0 saturated heterocycles. The minimum Gasteiger partial charge on any atom is -0.393 e. The number of rotatable bonds is 3. The molecule has 1 aromatic carbocycles. The molecule has 1 saturated carbocycles. The van der Waals surface area contributed by atoms with Gasteiger partial charge in [0.15, 0.2) is 0 Å². The van der Waals surface area contributed by atoms with Crippen LogP contribution in [0.5, 0.6) is 0 Å². The summed E-state index contributed by atoms with van der Waals surface area (Å²) in [4.78, 5) is 11.8. The second-order valence-corrected chi connectivity index (χ2v) is 5.49. The number of carbonyl (C=O) groups excluding carboxylic acids is 1. The quantitative estimate of drug-likeness (QED) is 0.800. The van der Waals surface area contributed by atoms with Gasteiger partial charge in [0.2, 0.25) is 0 Å². The number of carbonyl (C=O) groups is 1. The van der Waals surface area contributed by atoms with Crippen molar-refractivity contribution in [3.63, 3.8) is 0 Å². The van der Waals surface area contributed by atoms with Crippen LogP contribution < -0.4 is 10.6 Å². The maximum absolute atomic E-state index is 12.8. The number of anilines is 1. The third-order valence-corrected chi connectivity index (χ3v) is 3.87. The van der Waals surface area contributed by atoms with Gasteiger partial charge < -0.3 is 15.7 Å². The van der Waals surface area contributed by atoms with Crippen molar-refractivity contribution in [3.8, 4) is 0 Å². The van der Waals surface area contributed by atoms with Crippen molar-refractivity contribution in [1.29, 1.82) is 0 Å². The topological polar surface area (TPSA) is 61.4 Å². The van der Waals surface area contributed by atoms with E-state index in [1.165, 1.54) is 18.2 Å². The number of aliphatic hydroxyl groups excluding tert-OH is 1. The summed E-state index contributed by atoms with van der Waals surface area (Å²) in [5.41, 5.74) is -1.17. The zero-order chi connectivity index (χ0) is 16.2. The molecule has 3 N–H and O–H groups in total. The van der Waals surface area contributed by atoms with Crippen LogP contribution in [0, 0.1) is 5.92 Å². The van der Waals surface area contributed by atoms with Gasteiger partial charge in [-0.15, -0.1) is 0 Å². The van der Waals surface area contributed by atoms with Gasteiger partial charge in [-0.3, -0.25) is 0 Å². The van der Waals surface area contributed by atoms with Crippen molar-refractivity contribution in [1.82, 2.24) is 5.32 Å². The number of amides is 2. The van der Waals surface area contributed by atoms with Crippen LogP contribution in [0.25, 0.3) is 0 Å². The van der Waals surface area contributed by atoms with Gasteiger partial charge in [-0.2, -0.15) is 13.2 Å². The molecule has 0 aliphatic heterocycles. The summed E-state index contributed by atoms with van der Waals surface area (Å²) in [5, 5.41) is 14.6. The van der Waals surface area contributed by atoms with Gasteiger partial charge in [-0.25, -0.2) is 4.79 Å². The van der Waals surface area contributed by atoms with E-state index < -0.39 is 23.9 Å². The van der Waals surface area contributed by atoms with Crippen molar-refractivity contribution in [2.75, 3.05) is 11.9 Å². The van der Waals surface area contributed by atoms with Gasteiger partial charge >= 0.3 is 12.2 Å². The van der Waals surface area contributed by atoms with Gasteiger partial charge in [0.1, 0.15) is 0 Å². The second-order valence-electron chi connectivity index (χ2n) is 5.49. The maximum Gasteiger partial charge on any atom is 0.418 e. The normalized spacial score (nSPS) is 22.2. The van der Waals surface area contributed by atoms with Crippen molar-refractivity contribution in [2.45, 2.75) is 38.0 Å². The molecular weight excluding hydrogens is 297 g/mol. The van der Waals surface area contributed by atoms with Crippen molar-refractivity contribution < 1.29 is 23.1 Å². The highest BCUT2D eigenvalue weighted by molar-refractivity contribution is 5.90. The van der Waals surface area contributed by atoms with E-state index in [0.29, 0.717) is 6.42 Å². The first-order valence-electron chi connectivity index (χ1n) is 7.27. The van der Waals surface area contributed by atoms with Crippen LogP contribution in [0.1, 0.15) is 31.2 Å². The predicted molar refractivity (Wildman–Crippen MR) is 76.4 cm³/mol. The number of alkyl halides is 3. The number of hydrogen-bond donors (Lipinski definition) is 3. The van der Waals surface area contributed by atoms with Crippen molar-refractivity contribution >= 4 is 11.7 Å². The lowest BCUT2D eigenvalue weighted by Gasteiger charge is -2.27. The molecule has 1 aliphatic rings. The van der Waals surface area contributed by atoms with Gasteiger partial charge in [-0.05, 0) is 25.0 Å². The fourth-order valence-electron chi connectivity index (χ4n) is 2.66. The first kappa shape index (κ1) is 16.6. The summed E-state index contributed by atoms with van der Waals surface area (Å²) in [5.74, 6) is -0.0441. The number of urea groups is 1. The van der Waals surface area contributed by atoms with E-state index in [9.17, 15) is 23.1 Å². The molecule has 0 spiro atoms. The Morgan fingerprint density at radius 1 is 1.23 bits per heavy atom. The summed E-state index contributed by atoms with van der Waals surface area (Å²) >= 11 is 0. The first-order chi connectivity index (χ1) is 10.4. The average molecular weight is 316 g/mol. The SMILES string of the molecule is O=C(NCC1CCCCC1O)Nc1ccccc1C(F)(F)F. The molecule has 0 bridgehead atoms. The van der Waals surface area contributed by atoms with Crippen LogP contribution >= 0.6 is 0 Å². The van der Waals surface area contributed by atoms with Crippen molar-refractivity contribution in [2.24, 2.45) is 5.92 Å². The monoisotopic (exact) mass is 316 g/mol. The molecule has 1 aromatic rings. The van der Waals surface area contributed by atoms with E-state index in [0.717, 1.165) is 25.3 Å². The van der Waals surface area contributed by atoms with E-state index in [2.05, 4.69) is 10.6 Å².